The lowest BCUT2D eigenvalue weighted by Gasteiger charge is -2.15. The molecule has 0 fully saturated rings. The molecule has 1 N–H and O–H groups in total. The molecule has 0 aromatic carbocycles. The smallest absolute Gasteiger partial charge is 0.325 e. The molecule has 0 aliphatic rings. The molecule has 0 aliphatic heterocycles. The Morgan fingerprint density at radius 3 is 2.88 bits per heavy atom. The number of methoxy groups -OCH3 is 1. The zero-order chi connectivity index (χ0) is 18.4. The van der Waals surface area contributed by atoms with Crippen molar-refractivity contribution < 1.29 is 27.8 Å². The van der Waals surface area contributed by atoms with Gasteiger partial charge in [-0.2, -0.15) is 4.31 Å². The number of rotatable bonds is 10. The molecule has 0 spiro atoms. The number of carbonyl (C=O) groups is 1. The maximum Gasteiger partial charge on any atom is 0.325 e. The van der Waals surface area contributed by atoms with Crippen LogP contribution in [0.25, 0.3) is 10.7 Å². The second kappa shape index (κ2) is 8.44. The minimum Gasteiger partial charge on any atom is -0.480 e. The van der Waals surface area contributed by atoms with Gasteiger partial charge in [0.05, 0.1) is 11.5 Å². The lowest BCUT2D eigenvalue weighted by molar-refractivity contribution is -0.137. The van der Waals surface area contributed by atoms with Crippen molar-refractivity contribution in [3.05, 3.63) is 12.1 Å². The number of nitrogens with zero attached hydrogens (tertiary/aromatic N) is 5. The maximum atomic E-state index is 12.5. The minimum atomic E-state index is -3.70. The van der Waals surface area contributed by atoms with E-state index in [0.29, 0.717) is 4.88 Å². The van der Waals surface area contributed by atoms with Crippen LogP contribution in [-0.4, -0.2) is 78.1 Å². The van der Waals surface area contributed by atoms with Crippen LogP contribution in [0.3, 0.4) is 0 Å². The first kappa shape index (κ1) is 19.4. The molecule has 0 unspecified atom stereocenters. The van der Waals surface area contributed by atoms with Crippen LogP contribution in [0.4, 0.5) is 0 Å². The van der Waals surface area contributed by atoms with Crippen LogP contribution in [-0.2, 0) is 30.8 Å². The monoisotopic (exact) mass is 391 g/mol. The standard InChI is InChI=1S/C12H17N5O6S2/c1-16(5-6-23-8-22-2)25(20,21)11-4-3-9(24-11)12-13-14-15-17(12)7-10(18)19/h3-4H,5-8H2,1-2H3,(H,18,19). The number of hydrogen-bond donors (Lipinski definition) is 1. The molecule has 2 heterocycles. The number of aromatic nitrogens is 4. The fourth-order valence-corrected chi connectivity index (χ4v) is 4.46. The van der Waals surface area contributed by atoms with Gasteiger partial charge in [-0.15, -0.1) is 16.4 Å². The Labute approximate surface area is 147 Å². The van der Waals surface area contributed by atoms with Crippen LogP contribution in [0.2, 0.25) is 0 Å². The molecule has 0 radical (unpaired) electrons. The first-order valence-electron chi connectivity index (χ1n) is 6.97. The van der Waals surface area contributed by atoms with E-state index in [2.05, 4.69) is 15.5 Å². The van der Waals surface area contributed by atoms with Gasteiger partial charge < -0.3 is 14.6 Å². The molecular formula is C12H17N5O6S2. The van der Waals surface area contributed by atoms with Crippen LogP contribution < -0.4 is 0 Å². The van der Waals surface area contributed by atoms with Gasteiger partial charge >= 0.3 is 5.97 Å². The van der Waals surface area contributed by atoms with Crippen molar-refractivity contribution in [2.45, 2.75) is 10.8 Å². The van der Waals surface area contributed by atoms with Gasteiger partial charge in [0, 0.05) is 20.7 Å². The Morgan fingerprint density at radius 1 is 1.44 bits per heavy atom. The van der Waals surface area contributed by atoms with Crippen LogP contribution in [0.1, 0.15) is 0 Å². The molecule has 0 amide bonds. The summed E-state index contributed by atoms with van der Waals surface area (Å²) in [6.07, 6.45) is 0. The third kappa shape index (κ3) is 4.79. The molecule has 0 saturated heterocycles. The Kier molecular flexibility index (Phi) is 6.55. The molecule has 2 aromatic rings. The number of ether oxygens (including phenoxy) is 2. The second-order valence-corrected chi connectivity index (χ2v) is 8.17. The fraction of sp³-hybridized carbons (Fsp3) is 0.500. The summed E-state index contributed by atoms with van der Waals surface area (Å²) in [5, 5.41) is 19.6. The highest BCUT2D eigenvalue weighted by Gasteiger charge is 2.24. The molecule has 0 aliphatic carbocycles. The summed E-state index contributed by atoms with van der Waals surface area (Å²) in [5.74, 6) is -0.909. The highest BCUT2D eigenvalue weighted by molar-refractivity contribution is 7.91. The lowest BCUT2D eigenvalue weighted by atomic mass is 10.4. The number of carboxylic acids is 1. The molecule has 11 nitrogen and oxygen atoms in total. The Hall–Kier alpha value is -1.93. The molecule has 0 atom stereocenters. The quantitative estimate of drug-likeness (QED) is 0.428. The van der Waals surface area contributed by atoms with E-state index < -0.39 is 22.5 Å². The van der Waals surface area contributed by atoms with E-state index in [1.165, 1.54) is 30.6 Å². The molecule has 25 heavy (non-hydrogen) atoms. The zero-order valence-corrected chi connectivity index (χ0v) is 15.2. The molecule has 2 rings (SSSR count). The number of tetrazole rings is 1. The number of hydrogen-bond acceptors (Lipinski definition) is 9. The van der Waals surface area contributed by atoms with Gasteiger partial charge in [-0.3, -0.25) is 4.79 Å². The average Bonchev–Trinajstić information content (AvgIpc) is 3.19. The van der Waals surface area contributed by atoms with E-state index in [4.69, 9.17) is 14.6 Å². The molecule has 0 bridgehead atoms. The summed E-state index contributed by atoms with van der Waals surface area (Å²) in [4.78, 5) is 11.3. The Balaban J connectivity index is 2.14. The molecular weight excluding hydrogens is 374 g/mol. The van der Waals surface area contributed by atoms with E-state index in [1.54, 1.807) is 0 Å². The van der Waals surface area contributed by atoms with Gasteiger partial charge in [0.15, 0.2) is 5.82 Å². The Bertz CT molecular complexity index is 818. The zero-order valence-electron chi connectivity index (χ0n) is 13.5. The van der Waals surface area contributed by atoms with Gasteiger partial charge in [-0.05, 0) is 22.6 Å². The minimum absolute atomic E-state index is 0.0866. The third-order valence-corrected chi connectivity index (χ3v) is 6.44. The predicted octanol–water partition coefficient (Wildman–Crippen LogP) is -0.273. The molecule has 13 heteroatoms. The predicted molar refractivity (Wildman–Crippen MR) is 86.4 cm³/mol. The third-order valence-electron chi connectivity index (χ3n) is 3.03. The number of carboxylic acid groups (broad SMARTS) is 1. The van der Waals surface area contributed by atoms with Gasteiger partial charge in [0.1, 0.15) is 17.5 Å². The van der Waals surface area contributed by atoms with Crippen LogP contribution in [0.15, 0.2) is 16.3 Å². The van der Waals surface area contributed by atoms with Gasteiger partial charge in [-0.1, -0.05) is 0 Å². The first-order valence-corrected chi connectivity index (χ1v) is 9.23. The van der Waals surface area contributed by atoms with E-state index in [-0.39, 0.29) is 30.0 Å². The molecule has 0 saturated carbocycles. The van der Waals surface area contributed by atoms with Crippen molar-refractivity contribution >= 4 is 27.3 Å². The number of aliphatic carboxylic acids is 1. The van der Waals surface area contributed by atoms with E-state index in [0.717, 1.165) is 16.0 Å². The summed E-state index contributed by atoms with van der Waals surface area (Å²) < 4.78 is 37.2. The van der Waals surface area contributed by atoms with Crippen molar-refractivity contribution in [3.8, 4) is 10.7 Å². The highest BCUT2D eigenvalue weighted by Crippen LogP contribution is 2.30. The fourth-order valence-electron chi connectivity index (χ4n) is 1.80. The van der Waals surface area contributed by atoms with Gasteiger partial charge in [-0.25, -0.2) is 13.1 Å². The largest absolute Gasteiger partial charge is 0.480 e. The summed E-state index contributed by atoms with van der Waals surface area (Å²) in [6, 6.07) is 2.97. The Morgan fingerprint density at radius 2 is 2.20 bits per heavy atom. The van der Waals surface area contributed by atoms with Crippen LogP contribution in [0, 0.1) is 0 Å². The average molecular weight is 391 g/mol. The first-order chi connectivity index (χ1) is 11.9. The van der Waals surface area contributed by atoms with E-state index in [1.807, 2.05) is 0 Å². The van der Waals surface area contributed by atoms with Crippen LogP contribution >= 0.6 is 11.3 Å². The summed E-state index contributed by atoms with van der Waals surface area (Å²) in [6.45, 7) is 0.0245. The maximum absolute atomic E-state index is 12.5. The molecule has 138 valence electrons. The van der Waals surface area contributed by atoms with E-state index in [9.17, 15) is 13.2 Å². The second-order valence-electron chi connectivity index (χ2n) is 4.81. The number of sulfonamides is 1. The summed E-state index contributed by atoms with van der Waals surface area (Å²) in [7, 11) is -0.774. The summed E-state index contributed by atoms with van der Waals surface area (Å²) in [5.41, 5.74) is 0. The van der Waals surface area contributed by atoms with Gasteiger partial charge in [0.25, 0.3) is 10.0 Å². The van der Waals surface area contributed by atoms with Crippen molar-refractivity contribution in [1.29, 1.82) is 0 Å². The SMILES string of the molecule is COCOCCN(C)S(=O)(=O)c1ccc(-c2nnnn2CC(=O)O)s1. The van der Waals surface area contributed by atoms with Crippen LogP contribution in [0.5, 0.6) is 0 Å². The van der Waals surface area contributed by atoms with Gasteiger partial charge in [0.2, 0.25) is 0 Å². The topological polar surface area (TPSA) is 137 Å². The normalized spacial score (nSPS) is 12.0. The van der Waals surface area contributed by atoms with Crippen molar-refractivity contribution in [2.75, 3.05) is 34.1 Å². The molecule has 2 aromatic heterocycles. The summed E-state index contributed by atoms with van der Waals surface area (Å²) >= 11 is 0.959. The van der Waals surface area contributed by atoms with Crippen molar-refractivity contribution in [3.63, 3.8) is 0 Å². The van der Waals surface area contributed by atoms with Crippen molar-refractivity contribution in [2.24, 2.45) is 0 Å². The number of likely N-dealkylation sites (N-methyl/N-ethyl adjacent to an activating group) is 1. The lowest BCUT2D eigenvalue weighted by Crippen LogP contribution is -2.29. The van der Waals surface area contributed by atoms with E-state index >= 15 is 0 Å². The van der Waals surface area contributed by atoms with Crippen molar-refractivity contribution in [1.82, 2.24) is 24.5 Å². The number of thiophene rings is 1. The highest BCUT2D eigenvalue weighted by atomic mass is 32.2.